The Balaban J connectivity index is 2.04. The van der Waals surface area contributed by atoms with E-state index >= 15 is 0 Å². The number of aliphatic hydroxyl groups excluding tert-OH is 1. The number of hydrogen-bond acceptors (Lipinski definition) is 3. The summed E-state index contributed by atoms with van der Waals surface area (Å²) in [4.78, 5) is 6.44. The average molecular weight is 270 g/mol. The molecule has 0 aliphatic carbocycles. The smallest absolute Gasteiger partial charge is 0.0845 e. The maximum Gasteiger partial charge on any atom is 0.0845 e. The molecule has 0 fully saturated rings. The van der Waals surface area contributed by atoms with Crippen molar-refractivity contribution in [2.45, 2.75) is 25.9 Å². The van der Waals surface area contributed by atoms with Gasteiger partial charge in [0.2, 0.25) is 0 Å². The van der Waals surface area contributed by atoms with E-state index in [1.807, 2.05) is 55.5 Å². The average Bonchev–Trinajstić information content (AvgIpc) is 2.48. The van der Waals surface area contributed by atoms with Crippen molar-refractivity contribution >= 4 is 5.69 Å². The first-order valence-corrected chi connectivity index (χ1v) is 6.99. The number of anilines is 1. The molecule has 1 heterocycles. The van der Waals surface area contributed by atoms with Crippen LogP contribution in [0, 0.1) is 0 Å². The molecule has 106 valence electrons. The Labute approximate surface area is 120 Å². The van der Waals surface area contributed by atoms with Crippen LogP contribution in [0.2, 0.25) is 0 Å². The highest BCUT2D eigenvalue weighted by Gasteiger charge is 2.09. The maximum atomic E-state index is 10.3. The summed E-state index contributed by atoms with van der Waals surface area (Å²) < 4.78 is 0. The molecule has 0 aliphatic heterocycles. The molecule has 0 aliphatic rings. The van der Waals surface area contributed by atoms with Crippen molar-refractivity contribution in [2.24, 2.45) is 0 Å². The van der Waals surface area contributed by atoms with Crippen molar-refractivity contribution in [2.75, 3.05) is 19.0 Å². The third kappa shape index (κ3) is 3.58. The van der Waals surface area contributed by atoms with Gasteiger partial charge >= 0.3 is 0 Å². The van der Waals surface area contributed by atoms with E-state index in [1.165, 1.54) is 5.56 Å². The molecule has 2 rings (SSSR count). The number of pyridine rings is 1. The van der Waals surface area contributed by atoms with E-state index in [-0.39, 0.29) is 0 Å². The number of nitrogens with zero attached hydrogens (tertiary/aromatic N) is 2. The van der Waals surface area contributed by atoms with Gasteiger partial charge in [-0.05, 0) is 35.7 Å². The Kier molecular flexibility index (Phi) is 4.74. The number of benzene rings is 1. The lowest BCUT2D eigenvalue weighted by atomic mass is 10.0. The lowest BCUT2D eigenvalue weighted by Crippen LogP contribution is -2.09. The van der Waals surface area contributed by atoms with Gasteiger partial charge in [-0.3, -0.25) is 4.98 Å². The summed E-state index contributed by atoms with van der Waals surface area (Å²) in [5.41, 5.74) is 4.20. The summed E-state index contributed by atoms with van der Waals surface area (Å²) in [6, 6.07) is 12.1. The summed E-state index contributed by atoms with van der Waals surface area (Å²) in [6.07, 6.45) is 2.91. The predicted octanol–water partition coefficient (Wildman–Crippen LogP) is 2.99. The molecule has 1 aromatic carbocycles. The molecule has 1 aromatic heterocycles. The highest BCUT2D eigenvalue weighted by atomic mass is 16.3. The fraction of sp³-hybridized carbons (Fsp3) is 0.353. The van der Waals surface area contributed by atoms with Gasteiger partial charge in [-0.25, -0.2) is 0 Å². The summed E-state index contributed by atoms with van der Waals surface area (Å²) in [7, 11) is 4.01. The first kappa shape index (κ1) is 14.5. The van der Waals surface area contributed by atoms with Crippen LogP contribution in [0.25, 0.3) is 0 Å². The fourth-order valence-electron chi connectivity index (χ4n) is 2.10. The van der Waals surface area contributed by atoms with Crippen LogP contribution in [0.4, 0.5) is 5.69 Å². The first-order chi connectivity index (χ1) is 9.60. The molecule has 0 radical (unpaired) electrons. The zero-order chi connectivity index (χ0) is 14.5. The van der Waals surface area contributed by atoms with Crippen LogP contribution in [-0.4, -0.2) is 24.2 Å². The minimum atomic E-state index is -0.508. The van der Waals surface area contributed by atoms with Crippen molar-refractivity contribution < 1.29 is 5.11 Å². The van der Waals surface area contributed by atoms with Crippen LogP contribution in [0.15, 0.2) is 42.6 Å². The SMILES string of the molecule is CCc1ccc(CC(O)c2ccc(N(C)C)cc2)nc1. The lowest BCUT2D eigenvalue weighted by Gasteiger charge is -2.15. The van der Waals surface area contributed by atoms with E-state index in [1.54, 1.807) is 0 Å². The maximum absolute atomic E-state index is 10.3. The Morgan fingerprint density at radius 2 is 1.80 bits per heavy atom. The molecule has 0 bridgehead atoms. The van der Waals surface area contributed by atoms with Crippen molar-refractivity contribution in [3.8, 4) is 0 Å². The minimum absolute atomic E-state index is 0.508. The quantitative estimate of drug-likeness (QED) is 0.907. The number of aromatic nitrogens is 1. The second-order valence-electron chi connectivity index (χ2n) is 5.22. The standard InChI is InChI=1S/C17H22N2O/c1-4-13-5-8-15(18-12-13)11-17(20)14-6-9-16(10-7-14)19(2)3/h5-10,12,17,20H,4,11H2,1-3H3. The number of rotatable bonds is 5. The van der Waals surface area contributed by atoms with E-state index in [0.29, 0.717) is 6.42 Å². The molecule has 0 saturated heterocycles. The largest absolute Gasteiger partial charge is 0.388 e. The molecule has 0 spiro atoms. The van der Waals surface area contributed by atoms with E-state index in [2.05, 4.69) is 18.0 Å². The van der Waals surface area contributed by atoms with E-state index in [0.717, 1.165) is 23.4 Å². The second-order valence-corrected chi connectivity index (χ2v) is 5.22. The van der Waals surface area contributed by atoms with E-state index < -0.39 is 6.10 Å². The van der Waals surface area contributed by atoms with Crippen molar-refractivity contribution in [1.29, 1.82) is 0 Å². The van der Waals surface area contributed by atoms with Gasteiger partial charge in [-0.2, -0.15) is 0 Å². The van der Waals surface area contributed by atoms with Crippen LogP contribution in [0.1, 0.15) is 29.8 Å². The topological polar surface area (TPSA) is 36.4 Å². The van der Waals surface area contributed by atoms with Crippen LogP contribution in [0.5, 0.6) is 0 Å². The van der Waals surface area contributed by atoms with Gasteiger partial charge in [-0.15, -0.1) is 0 Å². The van der Waals surface area contributed by atoms with Crippen molar-refractivity contribution in [3.05, 3.63) is 59.4 Å². The van der Waals surface area contributed by atoms with Crippen LogP contribution >= 0.6 is 0 Å². The number of aryl methyl sites for hydroxylation is 1. The third-order valence-corrected chi connectivity index (χ3v) is 3.49. The minimum Gasteiger partial charge on any atom is -0.388 e. The van der Waals surface area contributed by atoms with Gasteiger partial charge in [0, 0.05) is 38.1 Å². The molecular formula is C17H22N2O. The lowest BCUT2D eigenvalue weighted by molar-refractivity contribution is 0.177. The van der Waals surface area contributed by atoms with Gasteiger partial charge in [0.1, 0.15) is 0 Å². The fourth-order valence-corrected chi connectivity index (χ4v) is 2.10. The molecule has 3 nitrogen and oxygen atoms in total. The summed E-state index contributed by atoms with van der Waals surface area (Å²) in [5.74, 6) is 0. The second kappa shape index (κ2) is 6.53. The molecule has 2 aromatic rings. The molecule has 1 unspecified atom stereocenters. The number of hydrogen-bond donors (Lipinski definition) is 1. The van der Waals surface area contributed by atoms with Gasteiger partial charge in [0.25, 0.3) is 0 Å². The molecule has 1 atom stereocenters. The van der Waals surface area contributed by atoms with Gasteiger partial charge < -0.3 is 10.0 Å². The molecule has 0 saturated carbocycles. The predicted molar refractivity (Wildman–Crippen MR) is 83.0 cm³/mol. The van der Waals surface area contributed by atoms with E-state index in [4.69, 9.17) is 0 Å². The highest BCUT2D eigenvalue weighted by Crippen LogP contribution is 2.20. The Hall–Kier alpha value is -1.87. The van der Waals surface area contributed by atoms with Crippen LogP contribution in [-0.2, 0) is 12.8 Å². The first-order valence-electron chi connectivity index (χ1n) is 6.99. The van der Waals surface area contributed by atoms with Gasteiger partial charge in [0.05, 0.1) is 6.10 Å². The third-order valence-electron chi connectivity index (χ3n) is 3.49. The molecule has 0 amide bonds. The Bertz CT molecular complexity index is 532. The monoisotopic (exact) mass is 270 g/mol. The molecule has 3 heteroatoms. The van der Waals surface area contributed by atoms with Crippen LogP contribution in [0.3, 0.4) is 0 Å². The van der Waals surface area contributed by atoms with E-state index in [9.17, 15) is 5.11 Å². The normalized spacial score (nSPS) is 12.2. The van der Waals surface area contributed by atoms with Gasteiger partial charge in [0.15, 0.2) is 0 Å². The summed E-state index contributed by atoms with van der Waals surface area (Å²) >= 11 is 0. The molecular weight excluding hydrogens is 248 g/mol. The molecule has 1 N–H and O–H groups in total. The van der Waals surface area contributed by atoms with Crippen molar-refractivity contribution in [1.82, 2.24) is 4.98 Å². The summed E-state index contributed by atoms with van der Waals surface area (Å²) in [6.45, 7) is 2.11. The van der Waals surface area contributed by atoms with Crippen LogP contribution < -0.4 is 4.90 Å². The van der Waals surface area contributed by atoms with Crippen molar-refractivity contribution in [3.63, 3.8) is 0 Å². The summed E-state index contributed by atoms with van der Waals surface area (Å²) in [5, 5.41) is 10.3. The Morgan fingerprint density at radius 1 is 1.10 bits per heavy atom. The van der Waals surface area contributed by atoms with Gasteiger partial charge in [-0.1, -0.05) is 25.1 Å². The zero-order valence-corrected chi connectivity index (χ0v) is 12.4. The Morgan fingerprint density at radius 3 is 2.30 bits per heavy atom. The zero-order valence-electron chi connectivity index (χ0n) is 12.4. The molecule has 20 heavy (non-hydrogen) atoms. The highest BCUT2D eigenvalue weighted by molar-refractivity contribution is 5.46. The number of aliphatic hydroxyl groups is 1.